The number of aromatic nitrogens is 2. The molecule has 0 bridgehead atoms. The third-order valence-corrected chi connectivity index (χ3v) is 2.22. The molecule has 2 rings (SSSR count). The van der Waals surface area contributed by atoms with Gasteiger partial charge in [-0.15, -0.1) is 0 Å². The molecule has 5 heteroatoms. The quantitative estimate of drug-likeness (QED) is 0.722. The van der Waals surface area contributed by atoms with Crippen LogP contribution in [0.15, 0.2) is 24.3 Å². The molecule has 84 valence electrons. The Labute approximate surface area is 87.6 Å². The molecule has 0 aliphatic carbocycles. The minimum Gasteiger partial charge on any atom is -0.412 e. The molecule has 0 spiro atoms. The monoisotopic (exact) mass is 212 g/mol. The summed E-state index contributed by atoms with van der Waals surface area (Å²) in [6.45, 7) is 0.150. The molecule has 0 aliphatic rings. The molecule has 0 amide bonds. The number of nitrogens with zero attached hydrogens (tertiary/aromatic N) is 2. The molecule has 0 radical (unpaired) electrons. The van der Waals surface area contributed by atoms with Crippen LogP contribution in [0.1, 0.15) is 5.82 Å². The number of aryl methyl sites for hydroxylation is 1. The number of rotatable bonds is 2. The molecular weight excluding hydrogens is 196 g/mol. The van der Waals surface area contributed by atoms with Crippen molar-refractivity contribution >= 4 is 11.0 Å². The van der Waals surface area contributed by atoms with E-state index in [2.05, 4.69) is 4.98 Å². The van der Waals surface area contributed by atoms with E-state index in [9.17, 15) is 0 Å². The van der Waals surface area contributed by atoms with E-state index in [0.717, 1.165) is 16.9 Å². The lowest BCUT2D eigenvalue weighted by molar-refractivity contribution is 0.295. The number of aliphatic hydroxyl groups excluding tert-OH is 1. The van der Waals surface area contributed by atoms with Crippen LogP contribution in [0.2, 0.25) is 0 Å². The van der Waals surface area contributed by atoms with Gasteiger partial charge in [0.05, 0.1) is 17.6 Å². The number of para-hydroxylation sites is 2. The fourth-order valence-electron chi connectivity index (χ4n) is 1.52. The van der Waals surface area contributed by atoms with Crippen molar-refractivity contribution in [3.05, 3.63) is 30.1 Å². The number of imidazole rings is 1. The van der Waals surface area contributed by atoms with Crippen LogP contribution in [0.4, 0.5) is 0 Å². The predicted molar refractivity (Wildman–Crippen MR) is 58.7 cm³/mol. The van der Waals surface area contributed by atoms with E-state index in [-0.39, 0.29) is 17.6 Å². The van der Waals surface area contributed by atoms with E-state index in [1.54, 1.807) is 0 Å². The van der Waals surface area contributed by atoms with Crippen molar-refractivity contribution in [2.45, 2.75) is 6.42 Å². The van der Waals surface area contributed by atoms with E-state index in [0.29, 0.717) is 6.42 Å². The van der Waals surface area contributed by atoms with Gasteiger partial charge in [-0.05, 0) is 12.1 Å². The lowest BCUT2D eigenvalue weighted by atomic mass is 10.3. The normalized spacial score (nSPS) is 9.47. The highest BCUT2D eigenvalue weighted by molar-refractivity contribution is 5.75. The van der Waals surface area contributed by atoms with Gasteiger partial charge in [-0.3, -0.25) is 0 Å². The average Bonchev–Trinajstić information content (AvgIpc) is 2.46. The van der Waals surface area contributed by atoms with Crippen molar-refractivity contribution in [1.29, 1.82) is 0 Å². The zero-order valence-corrected chi connectivity index (χ0v) is 8.57. The predicted octanol–water partition coefficient (Wildman–Crippen LogP) is -0.541. The molecule has 2 aromatic rings. The van der Waals surface area contributed by atoms with Gasteiger partial charge in [0.2, 0.25) is 0 Å². The first-order valence-electron chi connectivity index (χ1n) is 4.34. The highest BCUT2D eigenvalue weighted by atomic mass is 16.3. The lowest BCUT2D eigenvalue weighted by Gasteiger charge is -1.98. The number of fused-ring (bicyclic) bond motifs is 1. The topological polar surface area (TPSA) is 101 Å². The van der Waals surface area contributed by atoms with Crippen LogP contribution in [-0.4, -0.2) is 32.2 Å². The number of hydrogen-bond donors (Lipinski definition) is 1. The van der Waals surface area contributed by atoms with E-state index >= 15 is 0 Å². The molecule has 1 aromatic heterocycles. The Morgan fingerprint density at radius 2 is 1.93 bits per heavy atom. The number of benzene rings is 1. The molecule has 5 nitrogen and oxygen atoms in total. The zero-order valence-electron chi connectivity index (χ0n) is 8.57. The third kappa shape index (κ3) is 2.33. The average molecular weight is 212 g/mol. The second-order valence-corrected chi connectivity index (χ2v) is 3.05. The summed E-state index contributed by atoms with van der Waals surface area (Å²) in [6.07, 6.45) is 0.616. The van der Waals surface area contributed by atoms with Gasteiger partial charge in [0, 0.05) is 13.5 Å². The van der Waals surface area contributed by atoms with Crippen LogP contribution in [0.3, 0.4) is 0 Å². The van der Waals surface area contributed by atoms with Gasteiger partial charge in [-0.2, -0.15) is 0 Å². The van der Waals surface area contributed by atoms with Crippen LogP contribution in [0, 0.1) is 0 Å². The molecule has 0 aliphatic heterocycles. The van der Waals surface area contributed by atoms with Gasteiger partial charge < -0.3 is 20.6 Å². The van der Waals surface area contributed by atoms with E-state index in [1.807, 2.05) is 35.9 Å². The van der Waals surface area contributed by atoms with Gasteiger partial charge >= 0.3 is 0 Å². The molecule has 0 saturated carbocycles. The minimum atomic E-state index is 0. The van der Waals surface area contributed by atoms with Crippen LogP contribution < -0.4 is 0 Å². The van der Waals surface area contributed by atoms with Gasteiger partial charge in [-0.25, -0.2) is 4.98 Å². The number of hydrogen-bond acceptors (Lipinski definition) is 2. The molecule has 1 heterocycles. The zero-order chi connectivity index (χ0) is 9.26. The van der Waals surface area contributed by atoms with E-state index in [4.69, 9.17) is 5.11 Å². The molecular formula is C10H16N2O3. The van der Waals surface area contributed by atoms with Gasteiger partial charge in [0.1, 0.15) is 5.82 Å². The molecule has 1 aromatic carbocycles. The van der Waals surface area contributed by atoms with Gasteiger partial charge in [-0.1, -0.05) is 12.1 Å². The summed E-state index contributed by atoms with van der Waals surface area (Å²) in [5, 5.41) is 8.82. The molecule has 5 N–H and O–H groups in total. The summed E-state index contributed by atoms with van der Waals surface area (Å²) in [6, 6.07) is 7.98. The first-order chi connectivity index (χ1) is 6.33. The summed E-state index contributed by atoms with van der Waals surface area (Å²) in [5.41, 5.74) is 2.11. The fourth-order valence-corrected chi connectivity index (χ4v) is 1.52. The fraction of sp³-hybridized carbons (Fsp3) is 0.300. The molecule has 0 unspecified atom stereocenters. The molecule has 15 heavy (non-hydrogen) atoms. The Morgan fingerprint density at radius 3 is 2.53 bits per heavy atom. The maximum Gasteiger partial charge on any atom is 0.111 e. The minimum absolute atomic E-state index is 0. The highest BCUT2D eigenvalue weighted by Gasteiger charge is 2.04. The Morgan fingerprint density at radius 1 is 1.27 bits per heavy atom. The van der Waals surface area contributed by atoms with Crippen molar-refractivity contribution in [2.75, 3.05) is 6.61 Å². The smallest absolute Gasteiger partial charge is 0.111 e. The van der Waals surface area contributed by atoms with Crippen molar-refractivity contribution in [3.8, 4) is 0 Å². The second-order valence-electron chi connectivity index (χ2n) is 3.05. The number of aliphatic hydroxyl groups is 1. The maximum atomic E-state index is 8.82. The SMILES string of the molecule is Cn1c(CCO)nc2ccccc21.O.O. The van der Waals surface area contributed by atoms with Crippen LogP contribution in [-0.2, 0) is 13.5 Å². The Kier molecular flexibility index (Phi) is 4.93. The first-order valence-corrected chi connectivity index (χ1v) is 4.34. The summed E-state index contributed by atoms with van der Waals surface area (Å²) in [7, 11) is 1.97. The van der Waals surface area contributed by atoms with Crippen molar-refractivity contribution < 1.29 is 16.1 Å². The van der Waals surface area contributed by atoms with Crippen molar-refractivity contribution in [2.24, 2.45) is 7.05 Å². The Bertz CT molecular complexity index is 426. The van der Waals surface area contributed by atoms with Gasteiger partial charge in [0.25, 0.3) is 0 Å². The van der Waals surface area contributed by atoms with Gasteiger partial charge in [0.15, 0.2) is 0 Å². The Hall–Kier alpha value is -1.43. The molecule has 0 atom stereocenters. The first kappa shape index (κ1) is 13.6. The molecule has 0 saturated heterocycles. The summed E-state index contributed by atoms with van der Waals surface area (Å²) in [4.78, 5) is 4.40. The van der Waals surface area contributed by atoms with E-state index in [1.165, 1.54) is 0 Å². The summed E-state index contributed by atoms with van der Waals surface area (Å²) < 4.78 is 2.02. The highest BCUT2D eigenvalue weighted by Crippen LogP contribution is 2.13. The van der Waals surface area contributed by atoms with Crippen molar-refractivity contribution in [1.82, 2.24) is 9.55 Å². The third-order valence-electron chi connectivity index (χ3n) is 2.22. The largest absolute Gasteiger partial charge is 0.412 e. The maximum absolute atomic E-state index is 8.82. The van der Waals surface area contributed by atoms with Crippen LogP contribution >= 0.6 is 0 Å². The van der Waals surface area contributed by atoms with E-state index < -0.39 is 0 Å². The van der Waals surface area contributed by atoms with Crippen LogP contribution in [0.5, 0.6) is 0 Å². The van der Waals surface area contributed by atoms with Crippen molar-refractivity contribution in [3.63, 3.8) is 0 Å². The summed E-state index contributed by atoms with van der Waals surface area (Å²) >= 11 is 0. The Balaban J connectivity index is 0.000000980. The lowest BCUT2D eigenvalue weighted by Crippen LogP contribution is -2.00. The standard InChI is InChI=1S/C10H12N2O.2H2O/c1-12-9-5-3-2-4-8(9)11-10(12)6-7-13;;/h2-5,13H,6-7H2,1H3;2*1H2. The van der Waals surface area contributed by atoms with Crippen LogP contribution in [0.25, 0.3) is 11.0 Å². The molecule has 0 fully saturated rings. The second kappa shape index (κ2) is 5.45. The summed E-state index contributed by atoms with van der Waals surface area (Å²) in [5.74, 6) is 0.934.